The van der Waals surface area contributed by atoms with Gasteiger partial charge in [-0.3, -0.25) is 0 Å². The van der Waals surface area contributed by atoms with E-state index in [1.54, 1.807) is 0 Å². The lowest BCUT2D eigenvalue weighted by Crippen LogP contribution is -2.40. The van der Waals surface area contributed by atoms with Gasteiger partial charge >= 0.3 is 6.09 Å². The van der Waals surface area contributed by atoms with Crippen LogP contribution >= 0.6 is 12.4 Å². The fraction of sp³-hybridized carbons (Fsp3) is 0.533. The monoisotopic (exact) mass is 316 g/mol. The fourth-order valence-electron chi connectivity index (χ4n) is 2.27. The number of alkyl carbamates (subject to hydrolysis) is 1. The van der Waals surface area contributed by atoms with E-state index in [2.05, 4.69) is 10.6 Å². The number of rotatable bonds is 4. The molecule has 1 unspecified atom stereocenters. The number of ether oxygens (including phenoxy) is 1. The molecule has 0 spiro atoms. The molecule has 2 rings (SSSR count). The van der Waals surface area contributed by atoms with Crippen LogP contribution in [0.3, 0.4) is 0 Å². The summed E-state index contributed by atoms with van der Waals surface area (Å²) < 4.78 is 19.5. The zero-order valence-corrected chi connectivity index (χ0v) is 12.8. The molecular formula is C15H22ClFN2O2. The SMILES string of the molecule is Cl.O=C(NCC1(F)CCCNCC1)OCc1ccccc1. The van der Waals surface area contributed by atoms with Crippen LogP contribution in [0.2, 0.25) is 0 Å². The lowest BCUT2D eigenvalue weighted by molar-refractivity contribution is 0.113. The van der Waals surface area contributed by atoms with E-state index < -0.39 is 11.8 Å². The average molecular weight is 317 g/mol. The number of halogens is 2. The van der Waals surface area contributed by atoms with E-state index >= 15 is 0 Å². The van der Waals surface area contributed by atoms with E-state index in [9.17, 15) is 9.18 Å². The van der Waals surface area contributed by atoms with E-state index in [0.717, 1.165) is 18.5 Å². The molecule has 21 heavy (non-hydrogen) atoms. The lowest BCUT2D eigenvalue weighted by Gasteiger charge is -2.23. The minimum atomic E-state index is -1.32. The molecule has 1 saturated heterocycles. The maximum Gasteiger partial charge on any atom is 0.407 e. The van der Waals surface area contributed by atoms with Crippen molar-refractivity contribution in [1.29, 1.82) is 0 Å². The largest absolute Gasteiger partial charge is 0.445 e. The first kappa shape index (κ1) is 17.7. The Balaban J connectivity index is 0.00000220. The van der Waals surface area contributed by atoms with Crippen molar-refractivity contribution in [1.82, 2.24) is 10.6 Å². The van der Waals surface area contributed by atoms with Crippen molar-refractivity contribution in [2.24, 2.45) is 0 Å². The Bertz CT molecular complexity index is 423. The van der Waals surface area contributed by atoms with Gasteiger partial charge in [-0.1, -0.05) is 30.3 Å². The number of carbonyl (C=O) groups is 1. The van der Waals surface area contributed by atoms with Crippen LogP contribution in [0.5, 0.6) is 0 Å². The molecule has 1 aromatic carbocycles. The predicted molar refractivity (Wildman–Crippen MR) is 82.4 cm³/mol. The zero-order chi connectivity index (χ0) is 14.3. The molecule has 1 fully saturated rings. The number of amides is 1. The van der Waals surface area contributed by atoms with Crippen LogP contribution in [0, 0.1) is 0 Å². The van der Waals surface area contributed by atoms with Gasteiger partial charge in [0.05, 0.1) is 6.54 Å². The molecule has 4 nitrogen and oxygen atoms in total. The summed E-state index contributed by atoms with van der Waals surface area (Å²) in [5, 5.41) is 5.68. The molecule has 0 aromatic heterocycles. The average Bonchev–Trinajstić information content (AvgIpc) is 2.69. The summed E-state index contributed by atoms with van der Waals surface area (Å²) in [7, 11) is 0. The summed E-state index contributed by atoms with van der Waals surface area (Å²) in [6.07, 6.45) is 1.12. The van der Waals surface area contributed by atoms with Crippen LogP contribution < -0.4 is 10.6 Å². The van der Waals surface area contributed by atoms with Crippen molar-refractivity contribution < 1.29 is 13.9 Å². The van der Waals surface area contributed by atoms with Crippen LogP contribution in [0.4, 0.5) is 9.18 Å². The zero-order valence-electron chi connectivity index (χ0n) is 11.9. The first-order chi connectivity index (χ1) is 9.68. The number of benzene rings is 1. The quantitative estimate of drug-likeness (QED) is 0.898. The third-order valence-electron chi connectivity index (χ3n) is 3.49. The normalized spacial score (nSPS) is 21.8. The first-order valence-electron chi connectivity index (χ1n) is 7.02. The third kappa shape index (κ3) is 6.31. The molecule has 0 saturated carbocycles. The summed E-state index contributed by atoms with van der Waals surface area (Å²) in [4.78, 5) is 11.6. The topological polar surface area (TPSA) is 50.4 Å². The molecule has 0 aliphatic carbocycles. The Hall–Kier alpha value is -1.33. The standard InChI is InChI=1S/C15H21FN2O2.ClH/c16-15(7-4-9-17-10-8-15)12-18-14(19)20-11-13-5-2-1-3-6-13;/h1-3,5-6,17H,4,7-12H2,(H,18,19);1H. The van der Waals surface area contributed by atoms with Gasteiger partial charge in [0.25, 0.3) is 0 Å². The molecule has 118 valence electrons. The predicted octanol–water partition coefficient (Wildman–Crippen LogP) is 2.82. The molecule has 1 aromatic rings. The highest BCUT2D eigenvalue weighted by atomic mass is 35.5. The van der Waals surface area contributed by atoms with E-state index in [-0.39, 0.29) is 25.6 Å². The number of hydrogen-bond acceptors (Lipinski definition) is 3. The highest BCUT2D eigenvalue weighted by molar-refractivity contribution is 5.85. The molecule has 6 heteroatoms. The molecule has 1 aliphatic heterocycles. The second-order valence-electron chi connectivity index (χ2n) is 5.17. The summed E-state index contributed by atoms with van der Waals surface area (Å²) in [6.45, 7) is 1.71. The summed E-state index contributed by atoms with van der Waals surface area (Å²) >= 11 is 0. The highest BCUT2D eigenvalue weighted by Gasteiger charge is 2.30. The summed E-state index contributed by atoms with van der Waals surface area (Å²) in [6, 6.07) is 9.41. The van der Waals surface area contributed by atoms with Crippen molar-refractivity contribution in [3.63, 3.8) is 0 Å². The van der Waals surface area contributed by atoms with E-state index in [1.165, 1.54) is 0 Å². The Morgan fingerprint density at radius 1 is 1.29 bits per heavy atom. The second-order valence-corrected chi connectivity index (χ2v) is 5.17. The van der Waals surface area contributed by atoms with Gasteiger partial charge in [-0.15, -0.1) is 12.4 Å². The Morgan fingerprint density at radius 2 is 2.05 bits per heavy atom. The molecule has 1 heterocycles. The Kier molecular flexibility index (Phi) is 7.47. The second kappa shape index (κ2) is 8.85. The van der Waals surface area contributed by atoms with Gasteiger partial charge in [0.2, 0.25) is 0 Å². The Labute approximate surface area is 130 Å². The van der Waals surface area contributed by atoms with Gasteiger partial charge in [-0.25, -0.2) is 9.18 Å². The van der Waals surface area contributed by atoms with Crippen LogP contribution in [-0.2, 0) is 11.3 Å². The summed E-state index contributed by atoms with van der Waals surface area (Å²) in [5.74, 6) is 0. The lowest BCUT2D eigenvalue weighted by atomic mass is 9.97. The van der Waals surface area contributed by atoms with Gasteiger partial charge in [-0.2, -0.15) is 0 Å². The number of alkyl halides is 1. The van der Waals surface area contributed by atoms with E-state index in [0.29, 0.717) is 19.4 Å². The van der Waals surface area contributed by atoms with Crippen LogP contribution in [-0.4, -0.2) is 31.4 Å². The van der Waals surface area contributed by atoms with Crippen LogP contribution in [0.25, 0.3) is 0 Å². The van der Waals surface area contributed by atoms with Gasteiger partial charge in [0.1, 0.15) is 12.3 Å². The minimum absolute atomic E-state index is 0. The number of carbonyl (C=O) groups excluding carboxylic acids is 1. The van der Waals surface area contributed by atoms with Crippen molar-refractivity contribution >= 4 is 18.5 Å². The molecule has 1 aliphatic rings. The van der Waals surface area contributed by atoms with Crippen LogP contribution in [0.1, 0.15) is 24.8 Å². The minimum Gasteiger partial charge on any atom is -0.445 e. The molecule has 0 radical (unpaired) electrons. The maximum atomic E-state index is 14.4. The van der Waals surface area contributed by atoms with Crippen molar-refractivity contribution in [3.05, 3.63) is 35.9 Å². The summed E-state index contributed by atoms with van der Waals surface area (Å²) in [5.41, 5.74) is -0.411. The molecule has 2 N–H and O–H groups in total. The van der Waals surface area contributed by atoms with Crippen molar-refractivity contribution in [3.8, 4) is 0 Å². The van der Waals surface area contributed by atoms with Crippen molar-refractivity contribution in [2.75, 3.05) is 19.6 Å². The molecule has 0 bridgehead atoms. The molecule has 1 atom stereocenters. The van der Waals surface area contributed by atoms with Crippen molar-refractivity contribution in [2.45, 2.75) is 31.5 Å². The van der Waals surface area contributed by atoms with Gasteiger partial charge in [-0.05, 0) is 37.9 Å². The fourth-order valence-corrected chi connectivity index (χ4v) is 2.27. The van der Waals surface area contributed by atoms with E-state index in [1.807, 2.05) is 30.3 Å². The smallest absolute Gasteiger partial charge is 0.407 e. The van der Waals surface area contributed by atoms with Gasteiger partial charge in [0, 0.05) is 0 Å². The number of hydrogen-bond donors (Lipinski definition) is 2. The number of nitrogens with one attached hydrogen (secondary N) is 2. The maximum absolute atomic E-state index is 14.4. The van der Waals surface area contributed by atoms with Crippen LogP contribution in [0.15, 0.2) is 30.3 Å². The molecule has 1 amide bonds. The first-order valence-corrected chi connectivity index (χ1v) is 7.02. The van der Waals surface area contributed by atoms with Gasteiger partial charge in [0.15, 0.2) is 0 Å². The highest BCUT2D eigenvalue weighted by Crippen LogP contribution is 2.23. The third-order valence-corrected chi connectivity index (χ3v) is 3.49. The Morgan fingerprint density at radius 3 is 2.81 bits per heavy atom. The van der Waals surface area contributed by atoms with Gasteiger partial charge < -0.3 is 15.4 Å². The molecular weight excluding hydrogens is 295 g/mol. The van der Waals surface area contributed by atoms with E-state index in [4.69, 9.17) is 4.74 Å².